The van der Waals surface area contributed by atoms with Gasteiger partial charge in [0.1, 0.15) is 40.7 Å². The van der Waals surface area contributed by atoms with Crippen molar-refractivity contribution in [3.8, 4) is 34.5 Å². The maximum absolute atomic E-state index is 13.5. The Morgan fingerprint density at radius 2 is 0.646 bits per heavy atom. The van der Waals surface area contributed by atoms with Crippen LogP contribution in [0.4, 0.5) is 17.1 Å². The Morgan fingerprint density at radius 3 is 0.899 bits per heavy atom. The van der Waals surface area contributed by atoms with Crippen LogP contribution in [-0.2, 0) is 61.3 Å². The number of rotatable bonds is 16. The number of aliphatic hydroxyl groups is 1. The van der Waals surface area contributed by atoms with Gasteiger partial charge in [0.2, 0.25) is 11.8 Å². The number of hydrogen-bond acceptors (Lipinski definition) is 10. The molecule has 6 aromatic rings. The number of phenols is 3. The number of anilines is 3. The lowest BCUT2D eigenvalue weighted by molar-refractivity contribution is -0.116. The molecule has 0 saturated heterocycles. The van der Waals surface area contributed by atoms with Crippen molar-refractivity contribution in [2.24, 2.45) is 0 Å². The maximum atomic E-state index is 13.5. The summed E-state index contributed by atoms with van der Waals surface area (Å²) >= 11 is 0. The van der Waals surface area contributed by atoms with E-state index in [-0.39, 0.29) is 74.4 Å². The van der Waals surface area contributed by atoms with Crippen molar-refractivity contribution in [3.05, 3.63) is 159 Å². The molecule has 0 saturated carbocycles. The lowest BCUT2D eigenvalue weighted by Gasteiger charge is -2.28. The van der Waals surface area contributed by atoms with Crippen LogP contribution in [0.1, 0.15) is 175 Å². The van der Waals surface area contributed by atoms with Gasteiger partial charge in [-0.15, -0.1) is 0 Å². The van der Waals surface area contributed by atoms with Crippen molar-refractivity contribution in [1.82, 2.24) is 0 Å². The van der Waals surface area contributed by atoms with Gasteiger partial charge in [-0.05, 0) is 155 Å². The molecule has 424 valence electrons. The standard InChI is InChI=1S/C66H86N3O9P/c1-61(2,3)49-31-40(32-50(58(49)73)62(4,5)6)37-55(70)67-43-19-25-46(26-20-43)76-79(77-47-27-21-44(22-28-47)68-56(71)38-41-33-51(63(7,8)9)59(74)52(34-41)64(10,11)12)78-48-29-23-45(24-30-48)69-57(72)39-42-35-53(65(13,14)15)60(75)54(36-42)66(16,17)18/h19-36,55,67,70,73-75H,37-39H2,1-18H3,(H,68,71)(H,69,72). The van der Waals surface area contributed by atoms with Gasteiger partial charge in [-0.3, -0.25) is 9.59 Å². The van der Waals surface area contributed by atoms with E-state index in [1.54, 1.807) is 72.8 Å². The molecule has 79 heavy (non-hydrogen) atoms. The molecular weight excluding hydrogens is 1010 g/mol. The highest BCUT2D eigenvalue weighted by Gasteiger charge is 2.31. The highest BCUT2D eigenvalue weighted by molar-refractivity contribution is 7.43. The summed E-state index contributed by atoms with van der Waals surface area (Å²) in [5.41, 5.74) is 7.13. The number of carbonyl (C=O) groups excluding carboxylic acids is 2. The quantitative estimate of drug-likeness (QED) is 0.0364. The highest BCUT2D eigenvalue weighted by Crippen LogP contribution is 2.45. The third-order valence-electron chi connectivity index (χ3n) is 13.5. The maximum Gasteiger partial charge on any atom is 0.530 e. The molecule has 13 heteroatoms. The number of aliphatic hydroxyl groups excluding tert-OH is 1. The zero-order chi connectivity index (χ0) is 58.8. The minimum atomic E-state index is -2.16. The van der Waals surface area contributed by atoms with Crippen molar-refractivity contribution >= 4 is 37.5 Å². The second-order valence-corrected chi connectivity index (χ2v) is 28.0. The van der Waals surface area contributed by atoms with Gasteiger partial charge in [0.15, 0.2) is 0 Å². The number of amides is 2. The van der Waals surface area contributed by atoms with E-state index in [0.717, 1.165) is 50.1 Å². The van der Waals surface area contributed by atoms with Crippen molar-refractivity contribution in [2.45, 2.75) is 183 Å². The van der Waals surface area contributed by atoms with Crippen LogP contribution in [0.2, 0.25) is 0 Å². The summed E-state index contributed by atoms with van der Waals surface area (Å²) in [6, 6.07) is 32.5. The lowest BCUT2D eigenvalue weighted by Crippen LogP contribution is -2.23. The largest absolute Gasteiger partial charge is 0.530 e. The molecule has 0 aromatic heterocycles. The van der Waals surface area contributed by atoms with Gasteiger partial charge < -0.3 is 49.9 Å². The predicted molar refractivity (Wildman–Crippen MR) is 323 cm³/mol. The zero-order valence-corrected chi connectivity index (χ0v) is 50.8. The summed E-state index contributed by atoms with van der Waals surface area (Å²) in [6.07, 6.45) is -0.423. The molecule has 7 N–H and O–H groups in total. The minimum absolute atomic E-state index is 0.109. The van der Waals surface area contributed by atoms with Crippen LogP contribution < -0.4 is 29.5 Å². The van der Waals surface area contributed by atoms with Crippen molar-refractivity contribution < 1.29 is 43.6 Å². The fourth-order valence-electron chi connectivity index (χ4n) is 9.21. The minimum Gasteiger partial charge on any atom is -0.507 e. The summed E-state index contributed by atoms with van der Waals surface area (Å²) in [4.78, 5) is 27.0. The fraction of sp³-hybridized carbons (Fsp3) is 0.424. The highest BCUT2D eigenvalue weighted by atomic mass is 31.2. The molecule has 2 amide bonds. The molecule has 12 nitrogen and oxygen atoms in total. The normalized spacial score (nSPS) is 13.0. The van der Waals surface area contributed by atoms with Crippen LogP contribution >= 0.6 is 8.60 Å². The van der Waals surface area contributed by atoms with Crippen LogP contribution in [-0.4, -0.2) is 38.5 Å². The Hall–Kier alpha value is -6.75. The predicted octanol–water partition coefficient (Wildman–Crippen LogP) is 15.7. The molecule has 0 aliphatic carbocycles. The summed E-state index contributed by atoms with van der Waals surface area (Å²) in [5, 5.41) is 54.1. The number of carbonyl (C=O) groups is 2. The van der Waals surface area contributed by atoms with Gasteiger partial charge in [-0.25, -0.2) is 0 Å². The first-order valence-electron chi connectivity index (χ1n) is 27.1. The van der Waals surface area contributed by atoms with E-state index < -0.39 is 14.8 Å². The Balaban J connectivity index is 1.19. The molecule has 0 radical (unpaired) electrons. The second-order valence-electron chi connectivity index (χ2n) is 27.0. The summed E-state index contributed by atoms with van der Waals surface area (Å²) in [6.45, 7) is 36.9. The van der Waals surface area contributed by atoms with Gasteiger partial charge >= 0.3 is 8.60 Å². The Morgan fingerprint density at radius 1 is 0.405 bits per heavy atom. The molecule has 0 heterocycles. The van der Waals surface area contributed by atoms with E-state index in [2.05, 4.69) is 57.5 Å². The van der Waals surface area contributed by atoms with Crippen LogP contribution in [0.5, 0.6) is 34.5 Å². The van der Waals surface area contributed by atoms with E-state index in [1.807, 2.05) is 119 Å². The van der Waals surface area contributed by atoms with Crippen LogP contribution in [0.25, 0.3) is 0 Å². The monoisotopic (exact) mass is 1100 g/mol. The number of hydrogen-bond donors (Lipinski definition) is 7. The Kier molecular flexibility index (Phi) is 18.3. The fourth-order valence-corrected chi connectivity index (χ4v) is 10.2. The average Bonchev–Trinajstić information content (AvgIpc) is 3.30. The lowest BCUT2D eigenvalue weighted by atomic mass is 9.78. The first kappa shape index (κ1) is 61.5. The van der Waals surface area contributed by atoms with Crippen molar-refractivity contribution in [2.75, 3.05) is 16.0 Å². The van der Waals surface area contributed by atoms with E-state index in [4.69, 9.17) is 13.6 Å². The van der Waals surface area contributed by atoms with Crippen LogP contribution in [0, 0.1) is 0 Å². The molecule has 0 spiro atoms. The van der Waals surface area contributed by atoms with Gasteiger partial charge in [-0.2, -0.15) is 0 Å². The first-order valence-corrected chi connectivity index (χ1v) is 28.2. The molecular formula is C66H86N3O9P. The summed E-state index contributed by atoms with van der Waals surface area (Å²) in [5.74, 6) is 1.63. The molecule has 0 bridgehead atoms. The number of benzene rings is 6. The van der Waals surface area contributed by atoms with Crippen molar-refractivity contribution in [1.29, 1.82) is 0 Å². The SMILES string of the molecule is CC(C)(C)c1cc(CC(=O)Nc2ccc(OP(Oc3ccc(NC(=O)Cc4cc(C(C)(C)C)c(O)c(C(C)(C)C)c4)cc3)Oc3ccc(NC(O)Cc4cc(C(C)(C)C)c(O)c(C(C)(C)C)c4)cc3)cc2)cc(C(C)(C)C)c1O. The van der Waals surface area contributed by atoms with E-state index >= 15 is 0 Å². The van der Waals surface area contributed by atoms with E-state index in [0.29, 0.717) is 40.7 Å². The van der Waals surface area contributed by atoms with Gasteiger partial charge in [0.05, 0.1) is 12.8 Å². The molecule has 0 aliphatic rings. The molecule has 6 aromatic carbocycles. The Labute approximate surface area is 471 Å². The third kappa shape index (κ3) is 16.7. The van der Waals surface area contributed by atoms with Crippen LogP contribution in [0.15, 0.2) is 109 Å². The summed E-state index contributed by atoms with van der Waals surface area (Å²) < 4.78 is 19.1. The van der Waals surface area contributed by atoms with Crippen LogP contribution in [0.3, 0.4) is 0 Å². The smallest absolute Gasteiger partial charge is 0.507 e. The van der Waals surface area contributed by atoms with E-state index in [9.17, 15) is 30.0 Å². The van der Waals surface area contributed by atoms with E-state index in [1.165, 1.54) is 0 Å². The Bertz CT molecular complexity index is 2860. The zero-order valence-electron chi connectivity index (χ0n) is 49.9. The molecule has 1 unspecified atom stereocenters. The first-order chi connectivity index (χ1) is 36.3. The molecule has 0 fully saturated rings. The van der Waals surface area contributed by atoms with Gasteiger partial charge in [0, 0.05) is 23.5 Å². The second kappa shape index (κ2) is 23.5. The molecule has 1 atom stereocenters. The molecule has 0 aliphatic heterocycles. The van der Waals surface area contributed by atoms with Gasteiger partial charge in [-0.1, -0.05) is 161 Å². The average molecular weight is 1100 g/mol. The summed E-state index contributed by atoms with van der Waals surface area (Å²) in [7, 11) is -2.16. The van der Waals surface area contributed by atoms with Gasteiger partial charge in [0.25, 0.3) is 0 Å². The topological polar surface area (TPSA) is 179 Å². The number of phenolic OH excluding ortho intramolecular Hbond substituents is 3. The molecule has 6 rings (SSSR count). The van der Waals surface area contributed by atoms with Crippen molar-refractivity contribution in [3.63, 3.8) is 0 Å². The third-order valence-corrected chi connectivity index (χ3v) is 14.6. The number of aromatic hydroxyl groups is 3. The number of nitrogens with one attached hydrogen (secondary N) is 3.